The number of carbonyl (C=O) groups is 1. The van der Waals surface area contributed by atoms with Crippen LogP contribution in [0, 0.1) is 11.7 Å². The zero-order valence-corrected chi connectivity index (χ0v) is 14.6. The maximum atomic E-state index is 13.2. The van der Waals surface area contributed by atoms with Crippen LogP contribution in [0.3, 0.4) is 0 Å². The Labute approximate surface area is 148 Å². The van der Waals surface area contributed by atoms with Gasteiger partial charge >= 0.3 is 0 Å². The number of rotatable bonds is 8. The molecule has 0 aliphatic rings. The molecule has 0 radical (unpaired) electrons. The van der Waals surface area contributed by atoms with Gasteiger partial charge < -0.3 is 15.8 Å². The Morgan fingerprint density at radius 2 is 1.92 bits per heavy atom. The number of halogens is 1. The topological polar surface area (TPSA) is 64.4 Å². The first kappa shape index (κ1) is 18.9. The maximum Gasteiger partial charge on any atom is 0.224 e. The van der Waals surface area contributed by atoms with Crippen molar-refractivity contribution in [2.24, 2.45) is 11.7 Å². The predicted molar refractivity (Wildman–Crippen MR) is 96.7 cm³/mol. The fraction of sp³-hybridized carbons (Fsp3) is 0.350. The van der Waals surface area contributed by atoms with E-state index in [-0.39, 0.29) is 29.8 Å². The van der Waals surface area contributed by atoms with Gasteiger partial charge in [-0.05, 0) is 24.1 Å². The molecule has 3 atom stereocenters. The first-order chi connectivity index (χ1) is 12.0. The van der Waals surface area contributed by atoms with E-state index in [1.807, 2.05) is 37.3 Å². The number of nitrogens with two attached hydrogens (primary N) is 1. The fourth-order valence-corrected chi connectivity index (χ4v) is 2.50. The molecule has 0 heterocycles. The van der Waals surface area contributed by atoms with E-state index in [2.05, 4.69) is 5.32 Å². The third-order valence-electron chi connectivity index (χ3n) is 4.19. The summed E-state index contributed by atoms with van der Waals surface area (Å²) in [5, 5.41) is 2.88. The van der Waals surface area contributed by atoms with Crippen LogP contribution >= 0.6 is 0 Å². The molecule has 4 nitrogen and oxygen atoms in total. The molecule has 0 saturated carbocycles. The van der Waals surface area contributed by atoms with Crippen molar-refractivity contribution in [2.75, 3.05) is 6.54 Å². The van der Waals surface area contributed by atoms with E-state index < -0.39 is 0 Å². The van der Waals surface area contributed by atoms with Gasteiger partial charge in [0.25, 0.3) is 0 Å². The lowest BCUT2D eigenvalue weighted by Gasteiger charge is -2.22. The van der Waals surface area contributed by atoms with Crippen molar-refractivity contribution in [3.8, 4) is 5.75 Å². The fourth-order valence-electron chi connectivity index (χ4n) is 2.50. The van der Waals surface area contributed by atoms with Crippen molar-refractivity contribution in [2.45, 2.75) is 32.4 Å². The summed E-state index contributed by atoms with van der Waals surface area (Å²) in [4.78, 5) is 12.4. The lowest BCUT2D eigenvalue weighted by Crippen LogP contribution is -2.40. The Kier molecular flexibility index (Phi) is 6.95. The molecule has 0 fully saturated rings. The molecule has 3 N–H and O–H groups in total. The minimum atomic E-state index is -0.370. The molecule has 0 aliphatic heterocycles. The molecule has 2 aromatic rings. The van der Waals surface area contributed by atoms with Crippen molar-refractivity contribution in [1.29, 1.82) is 0 Å². The number of hydrogen-bond acceptors (Lipinski definition) is 3. The second-order valence-corrected chi connectivity index (χ2v) is 6.08. The number of amides is 1. The molecule has 0 saturated heterocycles. The average molecular weight is 344 g/mol. The Morgan fingerprint density at radius 1 is 1.20 bits per heavy atom. The van der Waals surface area contributed by atoms with E-state index in [0.29, 0.717) is 18.7 Å². The SMILES string of the molecule is CCC(CNC(=O)C(C)C(N)c1ccccc1)Oc1cccc(F)c1. The number of nitrogens with one attached hydrogen (secondary N) is 1. The lowest BCUT2D eigenvalue weighted by molar-refractivity contribution is -0.125. The molecule has 25 heavy (non-hydrogen) atoms. The minimum Gasteiger partial charge on any atom is -0.489 e. The molecular weight excluding hydrogens is 319 g/mol. The van der Waals surface area contributed by atoms with Gasteiger partial charge in [-0.1, -0.05) is 50.2 Å². The third kappa shape index (κ3) is 5.57. The van der Waals surface area contributed by atoms with Crippen LogP contribution in [0.4, 0.5) is 4.39 Å². The van der Waals surface area contributed by atoms with E-state index in [1.165, 1.54) is 12.1 Å². The smallest absolute Gasteiger partial charge is 0.224 e. The van der Waals surface area contributed by atoms with E-state index in [4.69, 9.17) is 10.5 Å². The molecule has 2 aromatic carbocycles. The van der Waals surface area contributed by atoms with E-state index in [1.54, 1.807) is 19.1 Å². The van der Waals surface area contributed by atoms with Crippen molar-refractivity contribution in [3.05, 3.63) is 66.0 Å². The molecule has 0 aromatic heterocycles. The zero-order valence-electron chi connectivity index (χ0n) is 14.6. The predicted octanol–water partition coefficient (Wildman–Crippen LogP) is 3.44. The first-order valence-corrected chi connectivity index (χ1v) is 8.51. The number of hydrogen-bond donors (Lipinski definition) is 2. The van der Waals surface area contributed by atoms with Crippen LogP contribution in [0.25, 0.3) is 0 Å². The zero-order chi connectivity index (χ0) is 18.2. The van der Waals surface area contributed by atoms with Gasteiger partial charge in [0.05, 0.1) is 12.5 Å². The molecule has 0 bridgehead atoms. The third-order valence-corrected chi connectivity index (χ3v) is 4.19. The van der Waals surface area contributed by atoms with E-state index in [0.717, 1.165) is 5.56 Å². The summed E-state index contributed by atoms with van der Waals surface area (Å²) in [5.74, 6) is -0.388. The Morgan fingerprint density at radius 3 is 2.56 bits per heavy atom. The van der Waals surface area contributed by atoms with Crippen molar-refractivity contribution in [3.63, 3.8) is 0 Å². The van der Waals surface area contributed by atoms with Gasteiger partial charge in [0.2, 0.25) is 5.91 Å². The summed E-state index contributed by atoms with van der Waals surface area (Å²) in [6, 6.07) is 15.2. The van der Waals surface area contributed by atoms with Crippen LogP contribution in [0.2, 0.25) is 0 Å². The largest absolute Gasteiger partial charge is 0.489 e. The van der Waals surface area contributed by atoms with Crippen LogP contribution in [0.1, 0.15) is 31.9 Å². The van der Waals surface area contributed by atoms with Gasteiger partial charge in [-0.25, -0.2) is 4.39 Å². The standard InChI is InChI=1S/C20H25FN2O2/c1-3-17(25-18-11-7-10-16(21)12-18)13-23-20(24)14(2)19(22)15-8-5-4-6-9-15/h4-12,14,17,19H,3,13,22H2,1-2H3,(H,23,24). The first-order valence-electron chi connectivity index (χ1n) is 8.51. The van der Waals surface area contributed by atoms with Gasteiger partial charge in [-0.15, -0.1) is 0 Å². The summed E-state index contributed by atoms with van der Waals surface area (Å²) in [7, 11) is 0. The Bertz CT molecular complexity index is 678. The highest BCUT2D eigenvalue weighted by atomic mass is 19.1. The summed E-state index contributed by atoms with van der Waals surface area (Å²) in [6.07, 6.45) is 0.460. The highest BCUT2D eigenvalue weighted by Gasteiger charge is 2.22. The summed E-state index contributed by atoms with van der Waals surface area (Å²) in [6.45, 7) is 4.11. The van der Waals surface area contributed by atoms with E-state index >= 15 is 0 Å². The summed E-state index contributed by atoms with van der Waals surface area (Å²) >= 11 is 0. The molecule has 0 spiro atoms. The highest BCUT2D eigenvalue weighted by Crippen LogP contribution is 2.19. The van der Waals surface area contributed by atoms with Crippen molar-refractivity contribution < 1.29 is 13.9 Å². The van der Waals surface area contributed by atoms with E-state index in [9.17, 15) is 9.18 Å². The molecule has 5 heteroatoms. The van der Waals surface area contributed by atoms with Gasteiger partial charge in [-0.2, -0.15) is 0 Å². The quantitative estimate of drug-likeness (QED) is 0.771. The van der Waals surface area contributed by atoms with Crippen LogP contribution in [0.15, 0.2) is 54.6 Å². The maximum absolute atomic E-state index is 13.2. The van der Waals surface area contributed by atoms with Gasteiger partial charge in [0.1, 0.15) is 17.7 Å². The number of ether oxygens (including phenoxy) is 1. The highest BCUT2D eigenvalue weighted by molar-refractivity contribution is 5.79. The Balaban J connectivity index is 1.88. The molecule has 0 aliphatic carbocycles. The second-order valence-electron chi connectivity index (χ2n) is 6.08. The molecule has 1 amide bonds. The van der Waals surface area contributed by atoms with Crippen LogP contribution < -0.4 is 15.8 Å². The summed E-state index contributed by atoms with van der Waals surface area (Å²) < 4.78 is 19.0. The lowest BCUT2D eigenvalue weighted by atomic mass is 9.94. The Hall–Kier alpha value is -2.40. The molecular formula is C20H25FN2O2. The molecule has 134 valence electrons. The number of carbonyl (C=O) groups excluding carboxylic acids is 1. The van der Waals surface area contributed by atoms with Crippen LogP contribution in [-0.4, -0.2) is 18.6 Å². The van der Waals surface area contributed by atoms with Crippen molar-refractivity contribution >= 4 is 5.91 Å². The van der Waals surface area contributed by atoms with Gasteiger partial charge in [-0.3, -0.25) is 4.79 Å². The van der Waals surface area contributed by atoms with Gasteiger partial charge in [0, 0.05) is 12.1 Å². The van der Waals surface area contributed by atoms with Crippen molar-refractivity contribution in [1.82, 2.24) is 5.32 Å². The van der Waals surface area contributed by atoms with Gasteiger partial charge in [0.15, 0.2) is 0 Å². The van der Waals surface area contributed by atoms with Crippen LogP contribution in [0.5, 0.6) is 5.75 Å². The molecule has 3 unspecified atom stereocenters. The number of benzene rings is 2. The summed E-state index contributed by atoms with van der Waals surface area (Å²) in [5.41, 5.74) is 7.11. The normalized spacial score (nSPS) is 14.4. The second kappa shape index (κ2) is 9.18. The molecule has 2 rings (SSSR count). The van der Waals surface area contributed by atoms with Crippen LogP contribution in [-0.2, 0) is 4.79 Å². The average Bonchev–Trinajstić information content (AvgIpc) is 2.64. The minimum absolute atomic E-state index is 0.127. The monoisotopic (exact) mass is 344 g/mol.